The predicted molar refractivity (Wildman–Crippen MR) is 70.5 cm³/mol. The van der Waals surface area contributed by atoms with Crippen molar-refractivity contribution in [2.24, 2.45) is 0 Å². The van der Waals surface area contributed by atoms with Gasteiger partial charge in [-0.2, -0.15) is 5.10 Å². The van der Waals surface area contributed by atoms with E-state index in [4.69, 9.17) is 0 Å². The van der Waals surface area contributed by atoms with Gasteiger partial charge in [0.2, 0.25) is 0 Å². The van der Waals surface area contributed by atoms with E-state index in [1.165, 1.54) is 11.3 Å². The van der Waals surface area contributed by atoms with Gasteiger partial charge in [0.05, 0.1) is 17.7 Å². The molecule has 1 amide bonds. The van der Waals surface area contributed by atoms with Crippen LogP contribution in [-0.4, -0.2) is 32.6 Å². The molecular formula is C12H16N4OS. The summed E-state index contributed by atoms with van der Waals surface area (Å²) in [5.41, 5.74) is 3.14. The zero-order valence-corrected chi connectivity index (χ0v) is 11.5. The molecule has 2 rings (SSSR count). The number of rotatable bonds is 4. The van der Waals surface area contributed by atoms with Crippen molar-refractivity contribution in [2.75, 3.05) is 7.05 Å². The molecule has 2 aromatic rings. The Morgan fingerprint density at radius 2 is 2.33 bits per heavy atom. The Labute approximate surface area is 110 Å². The van der Waals surface area contributed by atoms with E-state index in [0.717, 1.165) is 5.69 Å². The number of hydrogen-bond acceptors (Lipinski definition) is 4. The van der Waals surface area contributed by atoms with Gasteiger partial charge in [-0.25, -0.2) is 4.98 Å². The maximum Gasteiger partial charge on any atom is 0.274 e. The van der Waals surface area contributed by atoms with Crippen LogP contribution in [0.5, 0.6) is 0 Å². The van der Waals surface area contributed by atoms with E-state index in [2.05, 4.69) is 10.1 Å². The zero-order valence-electron chi connectivity index (χ0n) is 10.7. The molecule has 0 radical (unpaired) electrons. The van der Waals surface area contributed by atoms with Gasteiger partial charge in [-0.05, 0) is 19.9 Å². The summed E-state index contributed by atoms with van der Waals surface area (Å²) in [5.74, 6) is -0.0811. The molecule has 0 atom stereocenters. The number of aromatic nitrogens is 3. The molecule has 2 heterocycles. The Kier molecular flexibility index (Phi) is 3.76. The summed E-state index contributed by atoms with van der Waals surface area (Å²) in [6.07, 6.45) is 1.83. The highest BCUT2D eigenvalue weighted by Gasteiger charge is 2.16. The Hall–Kier alpha value is -1.69. The highest BCUT2D eigenvalue weighted by atomic mass is 32.1. The van der Waals surface area contributed by atoms with Crippen molar-refractivity contribution in [2.45, 2.75) is 26.4 Å². The molecule has 0 spiro atoms. The van der Waals surface area contributed by atoms with Crippen LogP contribution in [0.2, 0.25) is 0 Å². The SMILES string of the molecule is CC(C)n1ccc(C(=O)N(C)Cc2cscn2)n1. The van der Waals surface area contributed by atoms with Crippen LogP contribution in [0.1, 0.15) is 36.1 Å². The molecule has 2 aromatic heterocycles. The molecule has 0 fully saturated rings. The molecule has 0 aliphatic heterocycles. The summed E-state index contributed by atoms with van der Waals surface area (Å²) in [4.78, 5) is 17.9. The van der Waals surface area contributed by atoms with E-state index in [9.17, 15) is 4.79 Å². The topological polar surface area (TPSA) is 51.0 Å². The molecule has 0 aromatic carbocycles. The minimum absolute atomic E-state index is 0.0811. The van der Waals surface area contributed by atoms with Gasteiger partial charge in [-0.3, -0.25) is 9.48 Å². The largest absolute Gasteiger partial charge is 0.334 e. The lowest BCUT2D eigenvalue weighted by Gasteiger charge is -2.14. The fourth-order valence-corrected chi connectivity index (χ4v) is 2.12. The van der Waals surface area contributed by atoms with Crippen molar-refractivity contribution in [3.05, 3.63) is 34.5 Å². The molecule has 0 N–H and O–H groups in total. The van der Waals surface area contributed by atoms with Gasteiger partial charge in [0.1, 0.15) is 5.69 Å². The van der Waals surface area contributed by atoms with Gasteiger partial charge in [0, 0.05) is 24.7 Å². The normalized spacial score (nSPS) is 10.9. The third-order valence-electron chi connectivity index (χ3n) is 2.59. The second kappa shape index (κ2) is 5.30. The average molecular weight is 264 g/mol. The lowest BCUT2D eigenvalue weighted by atomic mass is 10.3. The third kappa shape index (κ3) is 2.76. The van der Waals surface area contributed by atoms with Crippen molar-refractivity contribution in [1.82, 2.24) is 19.7 Å². The van der Waals surface area contributed by atoms with E-state index >= 15 is 0 Å². The van der Waals surface area contributed by atoms with Crippen molar-refractivity contribution in [1.29, 1.82) is 0 Å². The van der Waals surface area contributed by atoms with Gasteiger partial charge < -0.3 is 4.90 Å². The van der Waals surface area contributed by atoms with Crippen LogP contribution < -0.4 is 0 Å². The van der Waals surface area contributed by atoms with Crippen molar-refractivity contribution in [3.8, 4) is 0 Å². The molecule has 0 bridgehead atoms. The smallest absolute Gasteiger partial charge is 0.274 e. The van der Waals surface area contributed by atoms with E-state index in [-0.39, 0.29) is 11.9 Å². The van der Waals surface area contributed by atoms with Gasteiger partial charge in [0.25, 0.3) is 5.91 Å². The Balaban J connectivity index is 2.05. The molecule has 5 nitrogen and oxygen atoms in total. The molecule has 18 heavy (non-hydrogen) atoms. The number of carbonyl (C=O) groups is 1. The van der Waals surface area contributed by atoms with Crippen molar-refractivity contribution < 1.29 is 4.79 Å². The van der Waals surface area contributed by atoms with Crippen LogP contribution in [0, 0.1) is 0 Å². The van der Waals surface area contributed by atoms with Crippen LogP contribution in [0.25, 0.3) is 0 Å². The first kappa shape index (κ1) is 12.8. The molecule has 6 heteroatoms. The highest BCUT2D eigenvalue weighted by Crippen LogP contribution is 2.09. The van der Waals surface area contributed by atoms with Crippen LogP contribution in [0.3, 0.4) is 0 Å². The van der Waals surface area contributed by atoms with Gasteiger partial charge in [-0.1, -0.05) is 0 Å². The molecule has 0 aliphatic carbocycles. The van der Waals surface area contributed by atoms with Gasteiger partial charge >= 0.3 is 0 Å². The monoisotopic (exact) mass is 264 g/mol. The lowest BCUT2D eigenvalue weighted by molar-refractivity contribution is 0.0776. The molecule has 0 aliphatic rings. The number of nitrogens with zero attached hydrogens (tertiary/aromatic N) is 4. The quantitative estimate of drug-likeness (QED) is 0.850. The lowest BCUT2D eigenvalue weighted by Crippen LogP contribution is -2.27. The van der Waals surface area contributed by atoms with Crippen LogP contribution in [-0.2, 0) is 6.54 Å². The number of amides is 1. The molecule has 0 saturated carbocycles. The maximum atomic E-state index is 12.1. The minimum atomic E-state index is -0.0811. The predicted octanol–water partition coefficient (Wildman–Crippen LogP) is 2.19. The Morgan fingerprint density at radius 1 is 1.56 bits per heavy atom. The summed E-state index contributed by atoms with van der Waals surface area (Å²) >= 11 is 1.53. The van der Waals surface area contributed by atoms with Crippen molar-refractivity contribution >= 4 is 17.2 Å². The van der Waals surface area contributed by atoms with E-state index in [0.29, 0.717) is 12.2 Å². The molecule has 96 valence electrons. The Bertz CT molecular complexity index is 518. The number of hydrogen-bond donors (Lipinski definition) is 0. The van der Waals surface area contributed by atoms with Crippen LogP contribution >= 0.6 is 11.3 Å². The standard InChI is InChI=1S/C12H16N4OS/c1-9(2)16-5-4-11(14-16)12(17)15(3)6-10-7-18-8-13-10/h4-5,7-9H,6H2,1-3H3. The first-order chi connectivity index (χ1) is 8.58. The second-order valence-corrected chi connectivity index (χ2v) is 5.13. The summed E-state index contributed by atoms with van der Waals surface area (Å²) in [5, 5.41) is 6.21. The van der Waals surface area contributed by atoms with Crippen LogP contribution in [0.15, 0.2) is 23.2 Å². The Morgan fingerprint density at radius 3 is 2.89 bits per heavy atom. The second-order valence-electron chi connectivity index (χ2n) is 4.42. The fourth-order valence-electron chi connectivity index (χ4n) is 1.57. The summed E-state index contributed by atoms with van der Waals surface area (Å²) in [6.45, 7) is 4.57. The average Bonchev–Trinajstić information content (AvgIpc) is 2.98. The summed E-state index contributed by atoms with van der Waals surface area (Å²) in [6, 6.07) is 2.01. The van der Waals surface area contributed by atoms with Crippen molar-refractivity contribution in [3.63, 3.8) is 0 Å². The maximum absolute atomic E-state index is 12.1. The molecule has 0 saturated heterocycles. The first-order valence-electron chi connectivity index (χ1n) is 5.75. The zero-order chi connectivity index (χ0) is 13.1. The first-order valence-corrected chi connectivity index (χ1v) is 6.70. The van der Waals surface area contributed by atoms with Crippen LogP contribution in [0.4, 0.5) is 0 Å². The van der Waals surface area contributed by atoms with E-state index in [1.54, 1.807) is 28.2 Å². The van der Waals surface area contributed by atoms with Gasteiger partial charge in [0.15, 0.2) is 0 Å². The van der Waals surface area contributed by atoms with Gasteiger partial charge in [-0.15, -0.1) is 11.3 Å². The third-order valence-corrected chi connectivity index (χ3v) is 3.22. The van der Waals surface area contributed by atoms with E-state index < -0.39 is 0 Å². The summed E-state index contributed by atoms with van der Waals surface area (Å²) < 4.78 is 1.78. The van der Waals surface area contributed by atoms with E-state index in [1.807, 2.05) is 25.4 Å². The number of thiazole rings is 1. The summed E-state index contributed by atoms with van der Waals surface area (Å²) in [7, 11) is 1.76. The fraction of sp³-hybridized carbons (Fsp3) is 0.417. The molecule has 0 unspecified atom stereocenters. The molecular weight excluding hydrogens is 248 g/mol. The number of carbonyl (C=O) groups excluding carboxylic acids is 1. The highest BCUT2D eigenvalue weighted by molar-refractivity contribution is 7.07. The minimum Gasteiger partial charge on any atom is -0.334 e.